The molecule has 0 saturated carbocycles. The van der Waals surface area contributed by atoms with Crippen molar-refractivity contribution in [3.63, 3.8) is 0 Å². The Morgan fingerprint density at radius 2 is 1.91 bits per heavy atom. The lowest BCUT2D eigenvalue weighted by Gasteiger charge is -2.14. The number of nitrogens with one attached hydrogen (secondary N) is 2. The Morgan fingerprint density at radius 1 is 1.15 bits per heavy atom. The Morgan fingerprint density at radius 3 is 2.67 bits per heavy atom. The smallest absolute Gasteiger partial charge is 0.269 e. The fourth-order valence-electron chi connectivity index (χ4n) is 3.87. The molecule has 4 rings (SSSR count). The van der Waals surface area contributed by atoms with Crippen molar-refractivity contribution in [3.8, 4) is 0 Å². The third-order valence-electron chi connectivity index (χ3n) is 5.65. The number of fused-ring (bicyclic) bond motifs is 3. The number of thioether (sulfide) groups is 1. The number of nitrogens with zero attached hydrogens (tertiary/aromatic N) is 2. The van der Waals surface area contributed by atoms with Crippen LogP contribution in [0.5, 0.6) is 0 Å². The average molecular weight is 485 g/mol. The predicted molar refractivity (Wildman–Crippen MR) is 133 cm³/mol. The summed E-state index contributed by atoms with van der Waals surface area (Å²) in [5, 5.41) is 1.32. The first kappa shape index (κ1) is 23.5. The Labute approximate surface area is 201 Å². The van der Waals surface area contributed by atoms with Crippen molar-refractivity contribution in [2.75, 3.05) is 5.75 Å². The van der Waals surface area contributed by atoms with Crippen molar-refractivity contribution in [3.05, 3.63) is 56.7 Å². The van der Waals surface area contributed by atoms with Gasteiger partial charge in [0.25, 0.3) is 11.5 Å². The van der Waals surface area contributed by atoms with E-state index < -0.39 is 0 Å². The van der Waals surface area contributed by atoms with Gasteiger partial charge in [0.15, 0.2) is 5.16 Å². The molecule has 1 aliphatic rings. The van der Waals surface area contributed by atoms with Crippen LogP contribution < -0.4 is 16.4 Å². The van der Waals surface area contributed by atoms with Crippen molar-refractivity contribution >= 4 is 45.1 Å². The van der Waals surface area contributed by atoms with Crippen LogP contribution in [0.2, 0.25) is 0 Å². The number of hydrogen-bond acceptors (Lipinski definition) is 6. The van der Waals surface area contributed by atoms with Gasteiger partial charge in [-0.25, -0.2) is 4.98 Å². The van der Waals surface area contributed by atoms with Gasteiger partial charge in [-0.05, 0) is 55.7 Å². The number of benzene rings is 1. The van der Waals surface area contributed by atoms with Crippen LogP contribution in [0.3, 0.4) is 0 Å². The highest BCUT2D eigenvalue weighted by atomic mass is 32.2. The second kappa shape index (κ2) is 10.5. The van der Waals surface area contributed by atoms with E-state index in [2.05, 4.69) is 24.7 Å². The van der Waals surface area contributed by atoms with Crippen LogP contribution in [-0.4, -0.2) is 27.1 Å². The van der Waals surface area contributed by atoms with E-state index in [0.717, 1.165) is 42.3 Å². The summed E-state index contributed by atoms with van der Waals surface area (Å²) in [7, 11) is 0. The van der Waals surface area contributed by atoms with Gasteiger partial charge in [-0.2, -0.15) is 0 Å². The van der Waals surface area contributed by atoms with E-state index in [1.807, 2.05) is 6.07 Å². The number of hydrazine groups is 1. The molecule has 0 spiro atoms. The molecule has 9 heteroatoms. The third kappa shape index (κ3) is 5.47. The molecule has 7 nitrogen and oxygen atoms in total. The average Bonchev–Trinajstić information content (AvgIpc) is 3.19. The van der Waals surface area contributed by atoms with Crippen LogP contribution >= 0.6 is 23.1 Å². The van der Waals surface area contributed by atoms with Gasteiger partial charge in [-0.1, -0.05) is 43.8 Å². The van der Waals surface area contributed by atoms with Crippen molar-refractivity contribution in [2.24, 2.45) is 5.92 Å². The zero-order valence-electron chi connectivity index (χ0n) is 18.8. The van der Waals surface area contributed by atoms with E-state index in [0.29, 0.717) is 23.2 Å². The summed E-state index contributed by atoms with van der Waals surface area (Å²) in [6, 6.07) is 8.67. The zero-order valence-corrected chi connectivity index (χ0v) is 20.5. The fraction of sp³-hybridized carbons (Fsp3) is 0.417. The molecule has 0 unspecified atom stereocenters. The highest BCUT2D eigenvalue weighted by molar-refractivity contribution is 7.99. The van der Waals surface area contributed by atoms with Crippen molar-refractivity contribution in [2.45, 2.75) is 57.7 Å². The molecule has 0 fully saturated rings. The van der Waals surface area contributed by atoms with E-state index in [-0.39, 0.29) is 23.1 Å². The molecule has 3 aromatic rings. The van der Waals surface area contributed by atoms with E-state index in [1.165, 1.54) is 22.2 Å². The summed E-state index contributed by atoms with van der Waals surface area (Å²) in [4.78, 5) is 44.8. The van der Waals surface area contributed by atoms with Crippen LogP contribution in [-0.2, 0) is 24.2 Å². The topological polar surface area (TPSA) is 93.1 Å². The van der Waals surface area contributed by atoms with Crippen LogP contribution in [0.15, 0.2) is 40.3 Å². The number of aromatic nitrogens is 2. The molecular weight excluding hydrogens is 456 g/mol. The molecule has 2 aromatic heterocycles. The van der Waals surface area contributed by atoms with E-state index in [9.17, 15) is 14.4 Å². The van der Waals surface area contributed by atoms with E-state index >= 15 is 0 Å². The van der Waals surface area contributed by atoms with Crippen LogP contribution in [0, 0.1) is 5.92 Å². The highest BCUT2D eigenvalue weighted by Gasteiger charge is 2.22. The largest absolute Gasteiger partial charge is 0.287 e. The molecule has 174 valence electrons. The van der Waals surface area contributed by atoms with Gasteiger partial charge >= 0.3 is 0 Å². The summed E-state index contributed by atoms with van der Waals surface area (Å²) in [5.41, 5.74) is 6.50. The quantitative estimate of drug-likeness (QED) is 0.301. The number of rotatable bonds is 7. The van der Waals surface area contributed by atoms with E-state index in [1.54, 1.807) is 40.2 Å². The Hall–Kier alpha value is -2.65. The lowest BCUT2D eigenvalue weighted by molar-refractivity contribution is -0.119. The third-order valence-corrected chi connectivity index (χ3v) is 7.82. The molecule has 0 bridgehead atoms. The second-order valence-electron chi connectivity index (χ2n) is 8.58. The summed E-state index contributed by atoms with van der Waals surface area (Å²) >= 11 is 2.84. The first-order valence-electron chi connectivity index (χ1n) is 11.3. The minimum absolute atomic E-state index is 0.000313. The number of hydrogen-bond donors (Lipinski definition) is 2. The summed E-state index contributed by atoms with van der Waals surface area (Å²) in [6.07, 6.45) is 5.06. The minimum Gasteiger partial charge on any atom is -0.287 e. The summed E-state index contributed by atoms with van der Waals surface area (Å²) in [5.74, 6) is -0.260. The number of amides is 2. The first-order valence-corrected chi connectivity index (χ1v) is 13.1. The number of aryl methyl sites for hydroxylation is 2. The van der Waals surface area contributed by atoms with Gasteiger partial charge in [-0.3, -0.25) is 29.8 Å². The monoisotopic (exact) mass is 484 g/mol. The number of carbonyl (C=O) groups is 2. The Bertz CT molecular complexity index is 1220. The summed E-state index contributed by atoms with van der Waals surface area (Å²) in [6.45, 7) is 4.82. The molecule has 0 aliphatic heterocycles. The molecular formula is C24H28N4O3S2. The molecule has 2 N–H and O–H groups in total. The lowest BCUT2D eigenvalue weighted by atomic mass is 9.97. The molecule has 1 aromatic carbocycles. The molecule has 0 atom stereocenters. The Kier molecular flexibility index (Phi) is 7.49. The minimum atomic E-state index is -0.383. The molecule has 33 heavy (non-hydrogen) atoms. The SMILES string of the molecule is CC(C)CCn1c(SCC(=O)NNC(=O)c2ccccc2)nc2sc3c(c2c1=O)CCCC3. The number of carbonyl (C=O) groups excluding carboxylic acids is 2. The highest BCUT2D eigenvalue weighted by Crippen LogP contribution is 2.34. The maximum Gasteiger partial charge on any atom is 0.269 e. The van der Waals surface area contributed by atoms with Gasteiger partial charge in [0.2, 0.25) is 5.91 Å². The second-order valence-corrected chi connectivity index (χ2v) is 10.6. The van der Waals surface area contributed by atoms with Gasteiger partial charge < -0.3 is 0 Å². The predicted octanol–water partition coefficient (Wildman–Crippen LogP) is 3.94. The molecule has 0 radical (unpaired) electrons. The first-order chi connectivity index (χ1) is 15.9. The molecule has 1 aliphatic carbocycles. The van der Waals surface area contributed by atoms with Gasteiger partial charge in [-0.15, -0.1) is 11.3 Å². The van der Waals surface area contributed by atoms with Crippen molar-refractivity contribution in [1.82, 2.24) is 20.4 Å². The van der Waals surface area contributed by atoms with Crippen LogP contribution in [0.25, 0.3) is 10.2 Å². The maximum absolute atomic E-state index is 13.5. The standard InChI is InChI=1S/C24H28N4O3S2/c1-15(2)12-13-28-23(31)20-17-10-6-7-11-18(17)33-22(20)25-24(28)32-14-19(29)26-27-21(30)16-8-4-3-5-9-16/h3-5,8-9,15H,6-7,10-14H2,1-2H3,(H,26,29)(H,27,30). The van der Waals surface area contributed by atoms with Crippen molar-refractivity contribution < 1.29 is 9.59 Å². The lowest BCUT2D eigenvalue weighted by Crippen LogP contribution is -2.42. The summed E-state index contributed by atoms with van der Waals surface area (Å²) < 4.78 is 1.73. The molecule has 0 saturated heterocycles. The normalized spacial score (nSPS) is 13.2. The fourth-order valence-corrected chi connectivity index (χ4v) is 6.00. The number of thiophene rings is 1. The zero-order chi connectivity index (χ0) is 23.4. The van der Waals surface area contributed by atoms with Crippen molar-refractivity contribution in [1.29, 1.82) is 0 Å². The van der Waals surface area contributed by atoms with Gasteiger partial charge in [0.1, 0.15) is 4.83 Å². The van der Waals surface area contributed by atoms with Gasteiger partial charge in [0.05, 0.1) is 11.1 Å². The molecule has 2 amide bonds. The molecule has 2 heterocycles. The maximum atomic E-state index is 13.5. The van der Waals surface area contributed by atoms with Crippen LogP contribution in [0.4, 0.5) is 0 Å². The van der Waals surface area contributed by atoms with E-state index in [4.69, 9.17) is 4.98 Å². The Balaban J connectivity index is 1.51. The van der Waals surface area contributed by atoms with Gasteiger partial charge in [0, 0.05) is 17.0 Å². The van der Waals surface area contributed by atoms with Crippen LogP contribution in [0.1, 0.15) is 53.9 Å².